The predicted molar refractivity (Wildman–Crippen MR) is 76.8 cm³/mol. The van der Waals surface area contributed by atoms with Gasteiger partial charge < -0.3 is 14.5 Å². The van der Waals surface area contributed by atoms with E-state index >= 15 is 0 Å². The Morgan fingerprint density at radius 2 is 2.00 bits per heavy atom. The molecule has 2 heterocycles. The van der Waals surface area contributed by atoms with Crippen molar-refractivity contribution in [1.29, 1.82) is 0 Å². The molecule has 0 saturated heterocycles. The molecule has 1 unspecified atom stereocenters. The summed E-state index contributed by atoms with van der Waals surface area (Å²) in [6.45, 7) is 5.23. The monoisotopic (exact) mass is 285 g/mol. The first-order valence-electron chi connectivity index (χ1n) is 6.69. The molecule has 5 heteroatoms. The number of amides is 1. The van der Waals surface area contributed by atoms with Crippen molar-refractivity contribution in [1.82, 2.24) is 0 Å². The molecule has 5 nitrogen and oxygen atoms in total. The number of nitrogens with one attached hydrogen (secondary N) is 1. The van der Waals surface area contributed by atoms with Gasteiger partial charge in [-0.3, -0.25) is 9.59 Å². The molecule has 1 amide bonds. The highest BCUT2D eigenvalue weighted by molar-refractivity contribution is 6.11. The smallest absolute Gasteiger partial charge is 0.265 e. The molecule has 0 fully saturated rings. The van der Waals surface area contributed by atoms with Gasteiger partial charge in [0.15, 0.2) is 11.9 Å². The summed E-state index contributed by atoms with van der Waals surface area (Å²) in [6, 6.07) is 6.73. The standard InChI is InChI=1S/C16H15NO4/c1-8-6-12(9(2)20-8)15(18)11-4-5-14-13(7-11)17-16(19)10(3)21-14/h4-7,10H,1-3H3,(H,17,19). The van der Waals surface area contributed by atoms with Gasteiger partial charge in [-0.25, -0.2) is 0 Å². The lowest BCUT2D eigenvalue weighted by atomic mass is 10.0. The number of hydrogen-bond acceptors (Lipinski definition) is 4. The van der Waals surface area contributed by atoms with E-state index in [4.69, 9.17) is 9.15 Å². The van der Waals surface area contributed by atoms with Crippen LogP contribution in [0, 0.1) is 13.8 Å². The molecular weight excluding hydrogens is 270 g/mol. The average molecular weight is 285 g/mol. The number of anilines is 1. The summed E-state index contributed by atoms with van der Waals surface area (Å²) >= 11 is 0. The molecule has 3 rings (SSSR count). The Balaban J connectivity index is 1.97. The number of benzene rings is 1. The number of furan rings is 1. The van der Waals surface area contributed by atoms with E-state index in [1.54, 1.807) is 45.0 Å². The van der Waals surface area contributed by atoms with Crippen molar-refractivity contribution in [3.05, 3.63) is 46.9 Å². The highest BCUT2D eigenvalue weighted by atomic mass is 16.5. The second-order valence-corrected chi connectivity index (χ2v) is 5.12. The Morgan fingerprint density at radius 3 is 2.67 bits per heavy atom. The van der Waals surface area contributed by atoms with Crippen LogP contribution in [-0.4, -0.2) is 17.8 Å². The number of carbonyl (C=O) groups excluding carboxylic acids is 2. The minimum atomic E-state index is -0.530. The van der Waals surface area contributed by atoms with Gasteiger partial charge in [0, 0.05) is 5.56 Å². The molecule has 1 aliphatic rings. The van der Waals surface area contributed by atoms with Crippen LogP contribution in [0.5, 0.6) is 5.75 Å². The molecule has 2 aromatic rings. The molecule has 1 aromatic heterocycles. The largest absolute Gasteiger partial charge is 0.479 e. The van der Waals surface area contributed by atoms with Crippen molar-refractivity contribution in [3.63, 3.8) is 0 Å². The van der Waals surface area contributed by atoms with Gasteiger partial charge in [0.1, 0.15) is 17.3 Å². The first kappa shape index (κ1) is 13.4. The fraction of sp³-hybridized carbons (Fsp3) is 0.250. The van der Waals surface area contributed by atoms with Crippen LogP contribution in [0.25, 0.3) is 0 Å². The third-order valence-electron chi connectivity index (χ3n) is 3.46. The third kappa shape index (κ3) is 2.31. The van der Waals surface area contributed by atoms with Gasteiger partial charge in [-0.1, -0.05) is 0 Å². The van der Waals surface area contributed by atoms with Crippen LogP contribution in [0.1, 0.15) is 34.4 Å². The summed E-state index contributed by atoms with van der Waals surface area (Å²) < 4.78 is 10.9. The highest BCUT2D eigenvalue weighted by Crippen LogP contribution is 2.31. The second-order valence-electron chi connectivity index (χ2n) is 5.12. The average Bonchev–Trinajstić information content (AvgIpc) is 2.78. The predicted octanol–water partition coefficient (Wildman–Crippen LogP) is 2.85. The minimum Gasteiger partial charge on any atom is -0.479 e. The van der Waals surface area contributed by atoms with Crippen LogP contribution in [0.15, 0.2) is 28.7 Å². The van der Waals surface area contributed by atoms with E-state index in [0.29, 0.717) is 34.1 Å². The highest BCUT2D eigenvalue weighted by Gasteiger charge is 2.25. The van der Waals surface area contributed by atoms with Crippen LogP contribution >= 0.6 is 0 Å². The van der Waals surface area contributed by atoms with Crippen molar-refractivity contribution < 1.29 is 18.7 Å². The topological polar surface area (TPSA) is 68.5 Å². The van der Waals surface area contributed by atoms with E-state index in [0.717, 1.165) is 0 Å². The normalized spacial score (nSPS) is 16.9. The van der Waals surface area contributed by atoms with Crippen LogP contribution in [0.3, 0.4) is 0 Å². The van der Waals surface area contributed by atoms with Gasteiger partial charge in [-0.15, -0.1) is 0 Å². The summed E-state index contributed by atoms with van der Waals surface area (Å²) in [6.07, 6.45) is -0.530. The summed E-state index contributed by atoms with van der Waals surface area (Å²) in [5, 5.41) is 2.74. The Kier molecular flexibility index (Phi) is 3.05. The Morgan fingerprint density at radius 1 is 1.24 bits per heavy atom. The summed E-state index contributed by atoms with van der Waals surface area (Å²) in [5.41, 5.74) is 1.53. The van der Waals surface area contributed by atoms with Gasteiger partial charge in [-0.05, 0) is 45.0 Å². The van der Waals surface area contributed by atoms with Crippen molar-refractivity contribution in [2.75, 3.05) is 5.32 Å². The van der Waals surface area contributed by atoms with Crippen molar-refractivity contribution >= 4 is 17.4 Å². The first-order valence-corrected chi connectivity index (χ1v) is 6.69. The molecule has 0 bridgehead atoms. The zero-order chi connectivity index (χ0) is 15.1. The molecule has 108 valence electrons. The van der Waals surface area contributed by atoms with Crippen LogP contribution in [0.4, 0.5) is 5.69 Å². The molecule has 1 N–H and O–H groups in total. The number of rotatable bonds is 2. The summed E-state index contributed by atoms with van der Waals surface area (Å²) in [7, 11) is 0. The molecule has 0 spiro atoms. The summed E-state index contributed by atoms with van der Waals surface area (Å²) in [5.74, 6) is 1.49. The maximum Gasteiger partial charge on any atom is 0.265 e. The fourth-order valence-corrected chi connectivity index (χ4v) is 2.36. The first-order chi connectivity index (χ1) is 9.95. The van der Waals surface area contributed by atoms with Crippen molar-refractivity contribution in [2.45, 2.75) is 26.9 Å². The van der Waals surface area contributed by atoms with E-state index in [-0.39, 0.29) is 11.7 Å². The lowest BCUT2D eigenvalue weighted by Gasteiger charge is -2.23. The fourth-order valence-electron chi connectivity index (χ4n) is 2.36. The SMILES string of the molecule is Cc1cc(C(=O)c2ccc3c(c2)NC(=O)C(C)O3)c(C)o1. The number of ketones is 1. The zero-order valence-corrected chi connectivity index (χ0v) is 12.0. The van der Waals surface area contributed by atoms with Gasteiger partial charge in [-0.2, -0.15) is 0 Å². The lowest BCUT2D eigenvalue weighted by molar-refractivity contribution is -0.122. The number of carbonyl (C=O) groups is 2. The summed E-state index contributed by atoms with van der Waals surface area (Å²) in [4.78, 5) is 24.1. The molecule has 0 radical (unpaired) electrons. The molecule has 0 aliphatic carbocycles. The van der Waals surface area contributed by atoms with Crippen LogP contribution < -0.4 is 10.1 Å². The maximum atomic E-state index is 12.5. The van der Waals surface area contributed by atoms with Crippen molar-refractivity contribution in [3.8, 4) is 5.75 Å². The van der Waals surface area contributed by atoms with Gasteiger partial charge in [0.2, 0.25) is 0 Å². The Labute approximate surface area is 121 Å². The Hall–Kier alpha value is -2.56. The lowest BCUT2D eigenvalue weighted by Crippen LogP contribution is -2.34. The van der Waals surface area contributed by atoms with Gasteiger partial charge in [0.25, 0.3) is 5.91 Å². The van der Waals surface area contributed by atoms with Gasteiger partial charge >= 0.3 is 0 Å². The van der Waals surface area contributed by atoms with E-state index in [9.17, 15) is 9.59 Å². The van der Waals surface area contributed by atoms with Crippen LogP contribution in [0.2, 0.25) is 0 Å². The molecule has 1 aromatic carbocycles. The quantitative estimate of drug-likeness (QED) is 0.861. The second kappa shape index (κ2) is 4.77. The van der Waals surface area contributed by atoms with Gasteiger partial charge in [0.05, 0.1) is 11.3 Å². The van der Waals surface area contributed by atoms with E-state index in [1.165, 1.54) is 0 Å². The maximum absolute atomic E-state index is 12.5. The number of aryl methyl sites for hydroxylation is 2. The third-order valence-corrected chi connectivity index (χ3v) is 3.46. The number of hydrogen-bond donors (Lipinski definition) is 1. The van der Waals surface area contributed by atoms with E-state index < -0.39 is 6.10 Å². The van der Waals surface area contributed by atoms with Crippen molar-refractivity contribution in [2.24, 2.45) is 0 Å². The van der Waals surface area contributed by atoms with E-state index in [1.807, 2.05) is 0 Å². The minimum absolute atomic E-state index is 0.139. The molecule has 0 saturated carbocycles. The van der Waals surface area contributed by atoms with Crippen LogP contribution in [-0.2, 0) is 4.79 Å². The molecule has 1 atom stereocenters. The van der Waals surface area contributed by atoms with E-state index in [2.05, 4.69) is 5.32 Å². The zero-order valence-electron chi connectivity index (χ0n) is 12.0. The number of ether oxygens (including phenoxy) is 1. The molecule has 1 aliphatic heterocycles. The molecule has 21 heavy (non-hydrogen) atoms. The Bertz CT molecular complexity index is 745. The molecular formula is C16H15NO4. The number of fused-ring (bicyclic) bond motifs is 1.